The van der Waals surface area contributed by atoms with E-state index in [1.807, 2.05) is 19.1 Å². The first-order valence-corrected chi connectivity index (χ1v) is 7.89. The molecule has 2 N–H and O–H groups in total. The highest BCUT2D eigenvalue weighted by molar-refractivity contribution is 8.00. The highest BCUT2D eigenvalue weighted by Crippen LogP contribution is 2.20. The number of nitrogens with zero attached hydrogens (tertiary/aromatic N) is 2. The van der Waals surface area contributed by atoms with E-state index in [0.717, 1.165) is 28.1 Å². The normalized spacial score (nSPS) is 10.6. The summed E-state index contributed by atoms with van der Waals surface area (Å²) in [6.07, 6.45) is 0.909. The first-order valence-electron chi connectivity index (χ1n) is 6.13. The van der Waals surface area contributed by atoms with Crippen molar-refractivity contribution >= 4 is 23.3 Å². The lowest BCUT2D eigenvalue weighted by atomic mass is 10.1. The maximum atomic E-state index is 5.67. The summed E-state index contributed by atoms with van der Waals surface area (Å²) in [5, 5.41) is 0. The molecule has 0 amide bonds. The van der Waals surface area contributed by atoms with E-state index in [9.17, 15) is 0 Å². The van der Waals surface area contributed by atoms with Gasteiger partial charge in [-0.05, 0) is 49.1 Å². The van der Waals surface area contributed by atoms with E-state index in [-0.39, 0.29) is 0 Å². The Hall–Kier alpha value is -1.11. The average Bonchev–Trinajstić information content (AvgIpc) is 2.83. The molecule has 0 saturated carbocycles. The smallest absolute Gasteiger partial charge is 0.170 e. The van der Waals surface area contributed by atoms with Crippen LogP contribution in [0.15, 0.2) is 28.6 Å². The van der Waals surface area contributed by atoms with Crippen molar-refractivity contribution in [3.63, 3.8) is 0 Å². The molecule has 0 aliphatic carbocycles. The number of aryl methyl sites for hydroxylation is 1. The molecule has 2 rings (SSSR count). The van der Waals surface area contributed by atoms with Crippen LogP contribution < -0.4 is 10.5 Å². The van der Waals surface area contributed by atoms with Gasteiger partial charge in [-0.25, -0.2) is 4.98 Å². The van der Waals surface area contributed by atoms with Crippen molar-refractivity contribution in [1.82, 2.24) is 9.36 Å². The van der Waals surface area contributed by atoms with Gasteiger partial charge in [-0.2, -0.15) is 4.37 Å². The van der Waals surface area contributed by atoms with Crippen LogP contribution in [0.4, 0.5) is 0 Å². The molecule has 0 bridgehead atoms. The molecule has 6 heteroatoms. The van der Waals surface area contributed by atoms with Gasteiger partial charge in [0.25, 0.3) is 0 Å². The fourth-order valence-corrected chi connectivity index (χ4v) is 3.08. The van der Waals surface area contributed by atoms with E-state index in [1.165, 1.54) is 17.1 Å². The summed E-state index contributed by atoms with van der Waals surface area (Å²) in [7, 11) is 0. The SMILES string of the molecule is Cc1nsc(SCCOc2ccc(CCN)cc2)n1. The van der Waals surface area contributed by atoms with Gasteiger partial charge >= 0.3 is 0 Å². The monoisotopic (exact) mass is 295 g/mol. The van der Waals surface area contributed by atoms with Crippen molar-refractivity contribution in [2.24, 2.45) is 5.73 Å². The molecule has 1 heterocycles. The van der Waals surface area contributed by atoms with Crippen LogP contribution in [-0.4, -0.2) is 28.3 Å². The van der Waals surface area contributed by atoms with Crippen molar-refractivity contribution in [3.8, 4) is 5.75 Å². The van der Waals surface area contributed by atoms with Crippen molar-refractivity contribution in [1.29, 1.82) is 0 Å². The van der Waals surface area contributed by atoms with Crippen molar-refractivity contribution < 1.29 is 4.74 Å². The fraction of sp³-hybridized carbons (Fsp3) is 0.385. The zero-order chi connectivity index (χ0) is 13.5. The predicted octanol–water partition coefficient (Wildman–Crippen LogP) is 2.52. The van der Waals surface area contributed by atoms with E-state index < -0.39 is 0 Å². The Balaban J connectivity index is 1.70. The Morgan fingerprint density at radius 3 is 2.74 bits per heavy atom. The number of benzene rings is 1. The summed E-state index contributed by atoms with van der Waals surface area (Å²) in [5.41, 5.74) is 6.75. The molecule has 0 saturated heterocycles. The van der Waals surface area contributed by atoms with Gasteiger partial charge in [0.1, 0.15) is 11.6 Å². The largest absolute Gasteiger partial charge is 0.493 e. The first kappa shape index (κ1) is 14.3. The third-order valence-corrected chi connectivity index (χ3v) is 4.33. The minimum absolute atomic E-state index is 0.666. The van der Waals surface area contributed by atoms with Crippen LogP contribution in [0.25, 0.3) is 0 Å². The van der Waals surface area contributed by atoms with Crippen LogP contribution in [0, 0.1) is 6.92 Å². The molecular formula is C13H17N3OS2. The molecule has 19 heavy (non-hydrogen) atoms. The third kappa shape index (κ3) is 4.81. The number of ether oxygens (including phenoxy) is 1. The Bertz CT molecular complexity index is 499. The molecule has 0 spiro atoms. The van der Waals surface area contributed by atoms with Crippen LogP contribution in [0.1, 0.15) is 11.4 Å². The van der Waals surface area contributed by atoms with E-state index in [0.29, 0.717) is 13.2 Å². The van der Waals surface area contributed by atoms with E-state index in [4.69, 9.17) is 10.5 Å². The molecular weight excluding hydrogens is 278 g/mol. The Labute approximate surface area is 121 Å². The summed E-state index contributed by atoms with van der Waals surface area (Å²) in [6, 6.07) is 8.10. The van der Waals surface area contributed by atoms with Gasteiger partial charge in [-0.1, -0.05) is 23.9 Å². The molecule has 0 radical (unpaired) electrons. The van der Waals surface area contributed by atoms with Crippen LogP contribution in [0.2, 0.25) is 0 Å². The van der Waals surface area contributed by atoms with Crippen LogP contribution in [0.3, 0.4) is 0 Å². The molecule has 0 unspecified atom stereocenters. The van der Waals surface area contributed by atoms with Crippen molar-refractivity contribution in [2.75, 3.05) is 18.9 Å². The standard InChI is InChI=1S/C13H17N3OS2/c1-10-15-13(19-16-10)18-9-8-17-12-4-2-11(3-5-12)6-7-14/h2-5H,6-9,14H2,1H3. The first-order chi connectivity index (χ1) is 9.28. The van der Waals surface area contributed by atoms with Gasteiger partial charge < -0.3 is 10.5 Å². The van der Waals surface area contributed by atoms with E-state index >= 15 is 0 Å². The maximum Gasteiger partial charge on any atom is 0.170 e. The number of hydrogen-bond donors (Lipinski definition) is 1. The molecule has 0 atom stereocenters. The summed E-state index contributed by atoms with van der Waals surface area (Å²) >= 11 is 3.11. The predicted molar refractivity (Wildman–Crippen MR) is 80.1 cm³/mol. The number of aromatic nitrogens is 2. The highest BCUT2D eigenvalue weighted by Gasteiger charge is 2.01. The van der Waals surface area contributed by atoms with Crippen LogP contribution >= 0.6 is 23.3 Å². The van der Waals surface area contributed by atoms with Crippen LogP contribution in [-0.2, 0) is 6.42 Å². The molecule has 4 nitrogen and oxygen atoms in total. The van der Waals surface area contributed by atoms with E-state index in [1.54, 1.807) is 11.8 Å². The lowest BCUT2D eigenvalue weighted by Crippen LogP contribution is -2.03. The second kappa shape index (κ2) is 7.47. The quantitative estimate of drug-likeness (QED) is 0.628. The Kier molecular flexibility index (Phi) is 5.62. The summed E-state index contributed by atoms with van der Waals surface area (Å²) in [5.74, 6) is 2.61. The molecule has 102 valence electrons. The van der Waals surface area contributed by atoms with Crippen molar-refractivity contribution in [2.45, 2.75) is 17.7 Å². The fourth-order valence-electron chi connectivity index (χ4n) is 1.54. The second-order valence-corrected chi connectivity index (χ2v) is 6.08. The van der Waals surface area contributed by atoms with Crippen molar-refractivity contribution in [3.05, 3.63) is 35.7 Å². The number of hydrogen-bond acceptors (Lipinski definition) is 6. The lowest BCUT2D eigenvalue weighted by Gasteiger charge is -2.06. The minimum Gasteiger partial charge on any atom is -0.493 e. The molecule has 0 aliphatic heterocycles. The lowest BCUT2D eigenvalue weighted by molar-refractivity contribution is 0.344. The number of nitrogens with two attached hydrogens (primary N) is 1. The van der Waals surface area contributed by atoms with Gasteiger partial charge in [0, 0.05) is 5.75 Å². The number of thioether (sulfide) groups is 1. The Morgan fingerprint density at radius 2 is 2.11 bits per heavy atom. The molecule has 0 fully saturated rings. The topological polar surface area (TPSA) is 61.0 Å². The van der Waals surface area contributed by atoms with Gasteiger partial charge in [0.15, 0.2) is 4.34 Å². The molecule has 0 aliphatic rings. The summed E-state index contributed by atoms with van der Waals surface area (Å²) in [4.78, 5) is 4.29. The second-order valence-electron chi connectivity index (χ2n) is 3.99. The van der Waals surface area contributed by atoms with E-state index in [2.05, 4.69) is 21.5 Å². The molecule has 2 aromatic rings. The maximum absolute atomic E-state index is 5.67. The van der Waals surface area contributed by atoms with Gasteiger partial charge in [0.05, 0.1) is 6.61 Å². The summed E-state index contributed by atoms with van der Waals surface area (Å²) in [6.45, 7) is 3.25. The molecule has 1 aromatic heterocycles. The van der Waals surface area contributed by atoms with Crippen LogP contribution in [0.5, 0.6) is 5.75 Å². The van der Waals surface area contributed by atoms with Gasteiger partial charge in [-0.3, -0.25) is 0 Å². The zero-order valence-corrected chi connectivity index (χ0v) is 12.5. The average molecular weight is 295 g/mol. The molecule has 1 aromatic carbocycles. The zero-order valence-electron chi connectivity index (χ0n) is 10.8. The summed E-state index contributed by atoms with van der Waals surface area (Å²) < 4.78 is 10.8. The van der Waals surface area contributed by atoms with Gasteiger partial charge in [0.2, 0.25) is 0 Å². The third-order valence-electron chi connectivity index (χ3n) is 2.44. The van der Waals surface area contributed by atoms with Gasteiger partial charge in [-0.15, -0.1) is 0 Å². The Morgan fingerprint density at radius 1 is 1.32 bits per heavy atom. The number of rotatable bonds is 7. The minimum atomic E-state index is 0.666. The highest BCUT2D eigenvalue weighted by atomic mass is 32.2.